The second-order valence-corrected chi connectivity index (χ2v) is 14.3. The third-order valence-electron chi connectivity index (χ3n) is 6.20. The molecular weight excluding hydrogens is 468 g/mol. The predicted molar refractivity (Wildman–Crippen MR) is 136 cm³/mol. The first-order valence-electron chi connectivity index (χ1n) is 11.6. The molecule has 0 unspecified atom stereocenters. The van der Waals surface area contributed by atoms with Crippen LogP contribution in [0.3, 0.4) is 0 Å². The molecule has 0 bridgehead atoms. The Labute approximate surface area is 210 Å². The molecule has 2 rings (SSSR count). The van der Waals surface area contributed by atoms with E-state index in [-0.39, 0.29) is 23.0 Å². The van der Waals surface area contributed by atoms with E-state index in [0.29, 0.717) is 5.03 Å². The fourth-order valence-corrected chi connectivity index (χ4v) is 6.31. The molecule has 1 aromatic rings. The molecule has 1 amide bonds. The topological polar surface area (TPSA) is 85.8 Å². The van der Waals surface area contributed by atoms with Crippen molar-refractivity contribution in [2.24, 2.45) is 17.3 Å². The summed E-state index contributed by atoms with van der Waals surface area (Å²) in [5.41, 5.74) is -1.84. The van der Waals surface area contributed by atoms with Crippen molar-refractivity contribution in [3.8, 4) is 0 Å². The number of aromatic nitrogens is 1. The second-order valence-electron chi connectivity index (χ2n) is 11.3. The highest BCUT2D eigenvalue weighted by Gasteiger charge is 2.63. The van der Waals surface area contributed by atoms with Gasteiger partial charge in [-0.1, -0.05) is 33.8 Å². The average Bonchev–Trinajstić information content (AvgIpc) is 2.67. The van der Waals surface area contributed by atoms with Crippen LogP contribution in [0.1, 0.15) is 55.4 Å². The Balaban J connectivity index is 2.41. The number of thioether (sulfide) groups is 1. The largest absolute Gasteiger partial charge is 0.459 e. The van der Waals surface area contributed by atoms with Crippen molar-refractivity contribution < 1.29 is 23.5 Å². The molecule has 189 valence electrons. The van der Waals surface area contributed by atoms with E-state index >= 15 is 0 Å². The number of nitrogens with zero attached hydrogens (tertiary/aromatic N) is 2. The first-order valence-corrected chi connectivity index (χ1v) is 14.8. The highest BCUT2D eigenvalue weighted by Crippen LogP contribution is 2.50. The zero-order valence-corrected chi connectivity index (χ0v) is 23.9. The van der Waals surface area contributed by atoms with Crippen LogP contribution in [-0.4, -0.2) is 59.7 Å². The van der Waals surface area contributed by atoms with Gasteiger partial charge in [-0.2, -0.15) is 0 Å². The number of rotatable bonds is 8. The molecule has 2 heterocycles. The Morgan fingerprint density at radius 3 is 2.24 bits per heavy atom. The minimum atomic E-state index is -1.16. The molecule has 0 aromatic carbocycles. The number of carbonyl (C=O) groups excluding carboxylic acids is 3. The lowest BCUT2D eigenvalue weighted by Gasteiger charge is -2.59. The lowest BCUT2D eigenvalue weighted by atomic mass is 9.61. The Kier molecular flexibility index (Phi) is 8.81. The Morgan fingerprint density at radius 2 is 1.76 bits per heavy atom. The summed E-state index contributed by atoms with van der Waals surface area (Å²) in [6.07, 6.45) is 1.64. The van der Waals surface area contributed by atoms with Gasteiger partial charge in [-0.3, -0.25) is 14.4 Å². The summed E-state index contributed by atoms with van der Waals surface area (Å²) in [4.78, 5) is 45.2. The normalized spacial score (nSPS) is 21.6. The molecule has 0 spiro atoms. The summed E-state index contributed by atoms with van der Waals surface area (Å²) in [6.45, 7) is 19.2. The number of amides is 1. The minimum absolute atomic E-state index is 0.106. The SMILES string of the molecule is C[C@@H](C(=O)Sc1ccccn1)[C@@H]1[C@@H]([C@@](C)(O[Si](C)C)C(C)(C)C)C(=O)N1CC(=O)OC(C)(C)C. The van der Waals surface area contributed by atoms with Gasteiger partial charge in [0.2, 0.25) is 14.9 Å². The molecule has 1 fully saturated rings. The number of ether oxygens (including phenoxy) is 1. The highest BCUT2D eigenvalue weighted by molar-refractivity contribution is 8.13. The van der Waals surface area contributed by atoms with E-state index in [2.05, 4.69) is 4.98 Å². The highest BCUT2D eigenvalue weighted by atomic mass is 32.2. The number of esters is 1. The van der Waals surface area contributed by atoms with Gasteiger partial charge < -0.3 is 14.1 Å². The van der Waals surface area contributed by atoms with Crippen molar-refractivity contribution in [3.63, 3.8) is 0 Å². The van der Waals surface area contributed by atoms with Crippen molar-refractivity contribution in [3.05, 3.63) is 24.4 Å². The molecule has 0 saturated carbocycles. The maximum atomic E-state index is 13.6. The van der Waals surface area contributed by atoms with E-state index in [1.54, 1.807) is 39.1 Å². The lowest BCUT2D eigenvalue weighted by Crippen LogP contribution is -2.74. The number of β-lactam (4-membered cyclic amide) rings is 1. The summed E-state index contributed by atoms with van der Waals surface area (Å²) in [5, 5.41) is 0.493. The molecule has 0 N–H and O–H groups in total. The van der Waals surface area contributed by atoms with Gasteiger partial charge in [0.15, 0.2) is 5.12 Å². The van der Waals surface area contributed by atoms with Crippen molar-refractivity contribution in [2.45, 2.75) is 90.8 Å². The first kappa shape index (κ1) is 28.5. The van der Waals surface area contributed by atoms with E-state index in [0.717, 1.165) is 11.8 Å². The van der Waals surface area contributed by atoms with Crippen molar-refractivity contribution >= 4 is 37.8 Å². The third-order valence-corrected chi connectivity index (χ3v) is 8.05. The zero-order chi connectivity index (χ0) is 26.1. The Bertz CT molecular complexity index is 897. The van der Waals surface area contributed by atoms with Crippen molar-refractivity contribution in [1.29, 1.82) is 0 Å². The maximum Gasteiger partial charge on any atom is 0.326 e. The summed E-state index contributed by atoms with van der Waals surface area (Å²) >= 11 is 1.06. The van der Waals surface area contributed by atoms with Crippen LogP contribution in [-0.2, 0) is 23.5 Å². The first-order chi connectivity index (χ1) is 15.5. The maximum absolute atomic E-state index is 13.6. The van der Waals surface area contributed by atoms with Crippen LogP contribution in [0.5, 0.6) is 0 Å². The number of likely N-dealkylation sites (tertiary alicyclic amines) is 1. The van der Waals surface area contributed by atoms with E-state index in [4.69, 9.17) is 9.16 Å². The van der Waals surface area contributed by atoms with E-state index in [1.807, 2.05) is 53.8 Å². The molecule has 1 aliphatic heterocycles. The van der Waals surface area contributed by atoms with Gasteiger partial charge in [-0.15, -0.1) is 0 Å². The smallest absolute Gasteiger partial charge is 0.326 e. The molecule has 1 saturated heterocycles. The summed E-state index contributed by atoms with van der Waals surface area (Å²) in [6, 6.07) is 4.91. The molecule has 0 aliphatic carbocycles. The monoisotopic (exact) mass is 507 g/mol. The molecule has 1 aromatic heterocycles. The van der Waals surface area contributed by atoms with Gasteiger partial charge in [0, 0.05) is 12.1 Å². The minimum Gasteiger partial charge on any atom is -0.459 e. The quantitative estimate of drug-likeness (QED) is 0.220. The van der Waals surface area contributed by atoms with Gasteiger partial charge >= 0.3 is 5.97 Å². The molecule has 1 radical (unpaired) electrons. The van der Waals surface area contributed by atoms with E-state index in [1.165, 1.54) is 4.90 Å². The molecule has 4 atom stereocenters. The summed E-state index contributed by atoms with van der Waals surface area (Å²) < 4.78 is 12.0. The van der Waals surface area contributed by atoms with Gasteiger partial charge in [0.1, 0.15) is 17.2 Å². The van der Waals surface area contributed by atoms with Crippen molar-refractivity contribution in [2.75, 3.05) is 6.54 Å². The second kappa shape index (κ2) is 10.5. The summed E-state index contributed by atoms with van der Waals surface area (Å²) in [7, 11) is -1.16. The predicted octanol–water partition coefficient (Wildman–Crippen LogP) is 4.58. The Hall–Kier alpha value is -1.71. The van der Waals surface area contributed by atoms with Gasteiger partial charge in [-0.25, -0.2) is 4.98 Å². The number of pyridine rings is 1. The number of hydrogen-bond acceptors (Lipinski definition) is 7. The standard InChI is InChI=1S/C25H39N2O5SSi/c1-16(22(30)33-17-13-11-12-14-26-17)20-19(25(8,23(2,3)4)32-34(9)10)21(29)27(20)15-18(28)31-24(5,6)7/h11-14,16,19-20H,15H2,1-10H3/t16-,19-,20-,25-/m1/s1. The third kappa shape index (κ3) is 6.49. The number of carbonyl (C=O) groups is 3. The molecule has 34 heavy (non-hydrogen) atoms. The number of hydrogen-bond donors (Lipinski definition) is 0. The summed E-state index contributed by atoms with van der Waals surface area (Å²) in [5.74, 6) is -1.76. The lowest BCUT2D eigenvalue weighted by molar-refractivity contribution is -0.195. The van der Waals surface area contributed by atoms with Crippen LogP contribution < -0.4 is 0 Å². The van der Waals surface area contributed by atoms with Gasteiger partial charge in [-0.05, 0) is 70.1 Å². The zero-order valence-electron chi connectivity index (χ0n) is 22.1. The molecule has 1 aliphatic rings. The van der Waals surface area contributed by atoms with Crippen LogP contribution in [0.4, 0.5) is 0 Å². The fourth-order valence-electron chi connectivity index (χ4n) is 4.24. The van der Waals surface area contributed by atoms with Crippen LogP contribution in [0, 0.1) is 17.3 Å². The van der Waals surface area contributed by atoms with Crippen LogP contribution in [0.15, 0.2) is 29.4 Å². The molecule has 7 nitrogen and oxygen atoms in total. The van der Waals surface area contributed by atoms with Crippen LogP contribution in [0.25, 0.3) is 0 Å². The molecular formula is C25H39N2O5SSi. The van der Waals surface area contributed by atoms with Crippen LogP contribution in [0.2, 0.25) is 13.1 Å². The van der Waals surface area contributed by atoms with E-state index in [9.17, 15) is 14.4 Å². The van der Waals surface area contributed by atoms with Crippen molar-refractivity contribution in [1.82, 2.24) is 9.88 Å². The molecule has 9 heteroatoms. The average molecular weight is 508 g/mol. The van der Waals surface area contributed by atoms with Gasteiger partial charge in [0.05, 0.1) is 17.6 Å². The van der Waals surface area contributed by atoms with Gasteiger partial charge in [0.25, 0.3) is 0 Å². The van der Waals surface area contributed by atoms with E-state index < -0.39 is 44.1 Å². The Morgan fingerprint density at radius 1 is 1.15 bits per heavy atom. The van der Waals surface area contributed by atoms with Crippen LogP contribution >= 0.6 is 11.8 Å². The fraction of sp³-hybridized carbons (Fsp3) is 0.680.